The number of aromatic amines is 1. The number of nitrogens with one attached hydrogen (secondary N) is 2. The smallest absolute Gasteiger partial charge is 0.230 e. The molecule has 1 aliphatic carbocycles. The lowest BCUT2D eigenvalue weighted by Gasteiger charge is -2.22. The van der Waals surface area contributed by atoms with Gasteiger partial charge in [0.1, 0.15) is 11.6 Å². The maximum Gasteiger partial charge on any atom is 0.230 e. The number of amides is 1. The lowest BCUT2D eigenvalue weighted by atomic mass is 9.95. The number of carbonyl (C=O) groups is 1. The van der Waals surface area contributed by atoms with Gasteiger partial charge in [0.2, 0.25) is 11.1 Å². The van der Waals surface area contributed by atoms with Gasteiger partial charge in [0.25, 0.3) is 0 Å². The molecule has 7 heteroatoms. The highest BCUT2D eigenvalue weighted by atomic mass is 32.2. The minimum absolute atomic E-state index is 0.0550. The lowest BCUT2D eigenvalue weighted by molar-refractivity contribution is -0.119. The van der Waals surface area contributed by atoms with Crippen molar-refractivity contribution in [3.63, 3.8) is 0 Å². The van der Waals surface area contributed by atoms with Crippen molar-refractivity contribution in [1.29, 1.82) is 0 Å². The Hall–Kier alpha value is -2.02. The summed E-state index contributed by atoms with van der Waals surface area (Å²) in [5.41, 5.74) is 0. The van der Waals surface area contributed by atoms with E-state index in [1.807, 2.05) is 18.2 Å². The second-order valence-electron chi connectivity index (χ2n) is 5.54. The van der Waals surface area contributed by atoms with Crippen LogP contribution in [0.2, 0.25) is 0 Å². The molecule has 0 atom stereocenters. The maximum atomic E-state index is 11.9. The molecule has 0 spiro atoms. The number of carbonyl (C=O) groups excluding carboxylic acids is 1. The molecule has 2 heterocycles. The van der Waals surface area contributed by atoms with E-state index in [2.05, 4.69) is 20.5 Å². The Bertz CT molecular complexity index is 645. The Morgan fingerprint density at radius 2 is 2.26 bits per heavy atom. The van der Waals surface area contributed by atoms with E-state index in [1.54, 1.807) is 12.3 Å². The molecular weight excluding hydrogens is 312 g/mol. The van der Waals surface area contributed by atoms with Gasteiger partial charge in [-0.05, 0) is 37.1 Å². The Morgan fingerprint density at radius 1 is 1.39 bits per heavy atom. The number of nitrogens with zero attached hydrogens (tertiary/aromatic N) is 2. The number of H-pyrrole nitrogens is 1. The molecule has 6 nitrogen and oxygen atoms in total. The molecule has 1 amide bonds. The summed E-state index contributed by atoms with van der Waals surface area (Å²) in [4.78, 5) is 16.3. The largest absolute Gasteiger partial charge is 0.465 e. The summed E-state index contributed by atoms with van der Waals surface area (Å²) < 4.78 is 5.21. The van der Waals surface area contributed by atoms with Crippen LogP contribution in [-0.2, 0) is 4.79 Å². The predicted octanol–water partition coefficient (Wildman–Crippen LogP) is 3.11. The van der Waals surface area contributed by atoms with Crippen molar-refractivity contribution >= 4 is 29.8 Å². The van der Waals surface area contributed by atoms with Crippen molar-refractivity contribution in [1.82, 2.24) is 20.5 Å². The third-order valence-corrected chi connectivity index (χ3v) is 4.58. The second kappa shape index (κ2) is 8.01. The summed E-state index contributed by atoms with van der Waals surface area (Å²) in [6.45, 7) is 0. The molecule has 0 radical (unpaired) electrons. The van der Waals surface area contributed by atoms with Gasteiger partial charge in [-0.3, -0.25) is 9.89 Å². The first-order chi connectivity index (χ1) is 11.3. The van der Waals surface area contributed by atoms with Crippen molar-refractivity contribution in [3.05, 3.63) is 30.0 Å². The number of thioether (sulfide) groups is 1. The molecule has 1 fully saturated rings. The zero-order chi connectivity index (χ0) is 15.9. The first-order valence-electron chi connectivity index (χ1n) is 7.86. The molecule has 0 bridgehead atoms. The normalized spacial score (nSPS) is 16.0. The summed E-state index contributed by atoms with van der Waals surface area (Å²) >= 11 is 1.34. The van der Waals surface area contributed by atoms with E-state index < -0.39 is 0 Å². The van der Waals surface area contributed by atoms with Gasteiger partial charge in [0.15, 0.2) is 0 Å². The Labute approximate surface area is 139 Å². The number of hydrogen-bond donors (Lipinski definition) is 2. The molecule has 122 valence electrons. The Morgan fingerprint density at radius 3 is 3.04 bits per heavy atom. The summed E-state index contributed by atoms with van der Waals surface area (Å²) in [7, 11) is 0. The SMILES string of the molecule is O=C(CSc1n[nH]c(/C=C/c2ccco2)n1)NC1CCCCC1. The van der Waals surface area contributed by atoms with Gasteiger partial charge in [-0.15, -0.1) is 5.10 Å². The highest BCUT2D eigenvalue weighted by Crippen LogP contribution is 2.18. The van der Waals surface area contributed by atoms with Crippen molar-refractivity contribution in [2.24, 2.45) is 0 Å². The minimum atomic E-state index is 0.0550. The number of furan rings is 1. The van der Waals surface area contributed by atoms with Crippen molar-refractivity contribution in [3.8, 4) is 0 Å². The van der Waals surface area contributed by atoms with Crippen molar-refractivity contribution in [2.45, 2.75) is 43.3 Å². The van der Waals surface area contributed by atoms with Gasteiger partial charge < -0.3 is 9.73 Å². The molecular formula is C16H20N4O2S. The van der Waals surface area contributed by atoms with Gasteiger partial charge in [-0.25, -0.2) is 4.98 Å². The highest BCUT2D eigenvalue weighted by Gasteiger charge is 2.16. The van der Waals surface area contributed by atoms with Crippen LogP contribution in [0.5, 0.6) is 0 Å². The van der Waals surface area contributed by atoms with E-state index in [4.69, 9.17) is 4.42 Å². The predicted molar refractivity (Wildman–Crippen MR) is 89.8 cm³/mol. The fourth-order valence-electron chi connectivity index (χ4n) is 2.59. The second-order valence-corrected chi connectivity index (χ2v) is 6.49. The van der Waals surface area contributed by atoms with Crippen LogP contribution in [0.25, 0.3) is 12.2 Å². The quantitative estimate of drug-likeness (QED) is 0.794. The molecule has 2 aromatic rings. The van der Waals surface area contributed by atoms with E-state index in [1.165, 1.54) is 31.0 Å². The first-order valence-corrected chi connectivity index (χ1v) is 8.84. The fraction of sp³-hybridized carbons (Fsp3) is 0.438. The molecule has 0 unspecified atom stereocenters. The van der Waals surface area contributed by atoms with E-state index >= 15 is 0 Å². The standard InChI is InChI=1S/C16H20N4O2S/c21-15(17-12-5-2-1-3-6-12)11-23-16-18-14(19-20-16)9-8-13-7-4-10-22-13/h4,7-10,12H,1-3,5-6,11H2,(H,17,21)(H,18,19,20)/b9-8+. The molecule has 0 saturated heterocycles. The van der Waals surface area contributed by atoms with Crippen molar-refractivity contribution < 1.29 is 9.21 Å². The average Bonchev–Trinajstić information content (AvgIpc) is 3.24. The lowest BCUT2D eigenvalue weighted by Crippen LogP contribution is -2.37. The summed E-state index contributed by atoms with van der Waals surface area (Å²) in [6.07, 6.45) is 11.1. The zero-order valence-corrected chi connectivity index (χ0v) is 13.6. The van der Waals surface area contributed by atoms with Gasteiger partial charge in [0, 0.05) is 6.04 Å². The zero-order valence-electron chi connectivity index (χ0n) is 12.8. The summed E-state index contributed by atoms with van der Waals surface area (Å²) in [6, 6.07) is 4.03. The van der Waals surface area contributed by atoms with Crippen LogP contribution in [0.15, 0.2) is 28.0 Å². The van der Waals surface area contributed by atoms with Gasteiger partial charge >= 0.3 is 0 Å². The fourth-order valence-corrected chi connectivity index (χ4v) is 3.21. The first kappa shape index (κ1) is 15.9. The van der Waals surface area contributed by atoms with E-state index in [-0.39, 0.29) is 5.91 Å². The van der Waals surface area contributed by atoms with Crippen LogP contribution in [0.1, 0.15) is 43.7 Å². The van der Waals surface area contributed by atoms with Crippen LogP contribution >= 0.6 is 11.8 Å². The number of aromatic nitrogens is 3. The molecule has 1 saturated carbocycles. The van der Waals surface area contributed by atoms with Gasteiger partial charge in [-0.1, -0.05) is 31.0 Å². The molecule has 1 aliphatic rings. The molecule has 0 aromatic carbocycles. The molecule has 3 rings (SSSR count). The van der Waals surface area contributed by atoms with Crippen molar-refractivity contribution in [2.75, 3.05) is 5.75 Å². The monoisotopic (exact) mass is 332 g/mol. The number of rotatable bonds is 6. The van der Waals surface area contributed by atoms with E-state index in [0.717, 1.165) is 18.6 Å². The molecule has 23 heavy (non-hydrogen) atoms. The van der Waals surface area contributed by atoms with Crippen LogP contribution in [0, 0.1) is 0 Å². The van der Waals surface area contributed by atoms with Crippen LogP contribution in [0.3, 0.4) is 0 Å². The Kier molecular flexibility index (Phi) is 5.52. The summed E-state index contributed by atoms with van der Waals surface area (Å²) in [5.74, 6) is 1.79. The van der Waals surface area contributed by atoms with Gasteiger partial charge in [-0.2, -0.15) is 0 Å². The van der Waals surface area contributed by atoms with Gasteiger partial charge in [0.05, 0.1) is 12.0 Å². The maximum absolute atomic E-state index is 11.9. The Balaban J connectivity index is 1.44. The minimum Gasteiger partial charge on any atom is -0.465 e. The molecule has 2 aromatic heterocycles. The third kappa shape index (κ3) is 4.99. The average molecular weight is 332 g/mol. The van der Waals surface area contributed by atoms with E-state index in [9.17, 15) is 4.79 Å². The van der Waals surface area contributed by atoms with Crippen LogP contribution in [-0.4, -0.2) is 32.9 Å². The van der Waals surface area contributed by atoms with Crippen LogP contribution < -0.4 is 5.32 Å². The third-order valence-electron chi connectivity index (χ3n) is 3.73. The summed E-state index contributed by atoms with van der Waals surface area (Å²) in [5, 5.41) is 10.6. The van der Waals surface area contributed by atoms with E-state index in [0.29, 0.717) is 22.8 Å². The topological polar surface area (TPSA) is 83.8 Å². The molecule has 0 aliphatic heterocycles. The molecule has 2 N–H and O–H groups in total. The van der Waals surface area contributed by atoms with Crippen LogP contribution in [0.4, 0.5) is 0 Å². The number of hydrogen-bond acceptors (Lipinski definition) is 5. The highest BCUT2D eigenvalue weighted by molar-refractivity contribution is 7.99.